The predicted molar refractivity (Wildman–Crippen MR) is 111 cm³/mol. The molecule has 28 heavy (non-hydrogen) atoms. The van der Waals surface area contributed by atoms with Gasteiger partial charge in [0, 0.05) is 22.4 Å². The topological polar surface area (TPSA) is 80.5 Å². The SMILES string of the molecule is Cc1cc([N+](=O)[O-])c(S(=O)(=O)N2CCc3sccc3C2c2cccs2)cc1C. The zero-order valence-electron chi connectivity index (χ0n) is 15.3. The third-order valence-corrected chi connectivity index (χ3v) is 8.91. The number of hydrogen-bond acceptors (Lipinski definition) is 6. The summed E-state index contributed by atoms with van der Waals surface area (Å²) in [6, 6.07) is 8.09. The van der Waals surface area contributed by atoms with Crippen LogP contribution in [-0.2, 0) is 16.4 Å². The van der Waals surface area contributed by atoms with E-state index < -0.39 is 21.0 Å². The largest absolute Gasteiger partial charge is 0.289 e. The number of fused-ring (bicyclic) bond motifs is 1. The van der Waals surface area contributed by atoms with Crippen LogP contribution in [0.15, 0.2) is 46.0 Å². The molecule has 6 nitrogen and oxygen atoms in total. The van der Waals surface area contributed by atoms with E-state index in [4.69, 9.17) is 0 Å². The van der Waals surface area contributed by atoms with Gasteiger partial charge < -0.3 is 0 Å². The summed E-state index contributed by atoms with van der Waals surface area (Å²) in [5, 5.41) is 15.5. The minimum atomic E-state index is -4.07. The quantitative estimate of drug-likeness (QED) is 0.441. The Morgan fingerprint density at radius 1 is 1.14 bits per heavy atom. The van der Waals surface area contributed by atoms with E-state index in [0.29, 0.717) is 24.1 Å². The molecule has 0 aliphatic carbocycles. The molecule has 2 aromatic heterocycles. The Hall–Kier alpha value is -2.07. The molecule has 1 unspecified atom stereocenters. The van der Waals surface area contributed by atoms with Gasteiger partial charge in [0.25, 0.3) is 15.7 Å². The van der Waals surface area contributed by atoms with Gasteiger partial charge in [-0.1, -0.05) is 6.07 Å². The fraction of sp³-hybridized carbons (Fsp3) is 0.263. The van der Waals surface area contributed by atoms with E-state index in [1.54, 1.807) is 25.2 Å². The van der Waals surface area contributed by atoms with Crippen molar-refractivity contribution < 1.29 is 13.3 Å². The third kappa shape index (κ3) is 3.08. The Kier molecular flexibility index (Phi) is 4.86. The number of benzene rings is 1. The summed E-state index contributed by atoms with van der Waals surface area (Å²) in [5.74, 6) is 0. The molecule has 1 aromatic carbocycles. The number of rotatable bonds is 4. The molecule has 0 N–H and O–H groups in total. The number of nitrogens with zero attached hydrogens (tertiary/aromatic N) is 2. The van der Waals surface area contributed by atoms with Crippen molar-refractivity contribution >= 4 is 38.4 Å². The lowest BCUT2D eigenvalue weighted by molar-refractivity contribution is -0.387. The lowest BCUT2D eigenvalue weighted by atomic mass is 10.0. The molecule has 146 valence electrons. The fourth-order valence-electron chi connectivity index (χ4n) is 3.54. The van der Waals surface area contributed by atoms with Gasteiger partial charge in [0.05, 0.1) is 11.0 Å². The van der Waals surface area contributed by atoms with Crippen LogP contribution < -0.4 is 0 Å². The molecule has 0 fully saturated rings. The van der Waals surface area contributed by atoms with Gasteiger partial charge in [-0.25, -0.2) is 8.42 Å². The summed E-state index contributed by atoms with van der Waals surface area (Å²) in [4.78, 5) is 12.8. The molecule has 0 radical (unpaired) electrons. The van der Waals surface area contributed by atoms with Gasteiger partial charge in [-0.3, -0.25) is 10.1 Å². The Bertz CT molecular complexity index is 1150. The molecule has 3 aromatic rings. The summed E-state index contributed by atoms with van der Waals surface area (Å²) >= 11 is 3.11. The van der Waals surface area contributed by atoms with Crippen LogP contribution in [0.4, 0.5) is 5.69 Å². The summed E-state index contributed by atoms with van der Waals surface area (Å²) in [5.41, 5.74) is 2.00. The first-order valence-electron chi connectivity index (χ1n) is 8.68. The maximum absolute atomic E-state index is 13.6. The molecule has 9 heteroatoms. The average molecular weight is 435 g/mol. The molecule has 0 saturated heterocycles. The molecule has 4 rings (SSSR count). The first-order chi connectivity index (χ1) is 13.3. The zero-order chi connectivity index (χ0) is 20.1. The third-order valence-electron chi connectivity index (χ3n) is 5.09. The van der Waals surface area contributed by atoms with Crippen LogP contribution in [0.5, 0.6) is 0 Å². The van der Waals surface area contributed by atoms with E-state index in [2.05, 4.69) is 0 Å². The van der Waals surface area contributed by atoms with E-state index in [1.165, 1.54) is 32.7 Å². The van der Waals surface area contributed by atoms with Gasteiger partial charge in [-0.05, 0) is 65.9 Å². The van der Waals surface area contributed by atoms with Crippen LogP contribution in [0.25, 0.3) is 0 Å². The van der Waals surface area contributed by atoms with Crippen LogP contribution in [0.3, 0.4) is 0 Å². The normalized spacial score (nSPS) is 17.4. The van der Waals surface area contributed by atoms with Crippen LogP contribution in [-0.4, -0.2) is 24.2 Å². The highest BCUT2D eigenvalue weighted by molar-refractivity contribution is 7.89. The van der Waals surface area contributed by atoms with Gasteiger partial charge >= 0.3 is 0 Å². The van der Waals surface area contributed by atoms with Gasteiger partial charge in [0.1, 0.15) is 0 Å². The molecular formula is C19H18N2O4S3. The van der Waals surface area contributed by atoms with Crippen LogP contribution in [0.1, 0.15) is 32.5 Å². The van der Waals surface area contributed by atoms with Gasteiger partial charge in [-0.2, -0.15) is 4.31 Å². The Balaban J connectivity index is 1.90. The van der Waals surface area contributed by atoms with Crippen molar-refractivity contribution in [3.63, 3.8) is 0 Å². The number of sulfonamides is 1. The van der Waals surface area contributed by atoms with Crippen molar-refractivity contribution in [2.24, 2.45) is 0 Å². The summed E-state index contributed by atoms with van der Waals surface area (Å²) < 4.78 is 28.7. The van der Waals surface area contributed by atoms with Crippen molar-refractivity contribution in [3.05, 3.63) is 77.7 Å². The maximum Gasteiger partial charge on any atom is 0.289 e. The van der Waals surface area contributed by atoms with Crippen LogP contribution in [0, 0.1) is 24.0 Å². The fourth-order valence-corrected chi connectivity index (χ4v) is 7.18. The monoisotopic (exact) mass is 434 g/mol. The second-order valence-corrected chi connectivity index (χ2v) is 10.6. The van der Waals surface area contributed by atoms with Crippen molar-refractivity contribution in [1.82, 2.24) is 4.31 Å². The van der Waals surface area contributed by atoms with Crippen LogP contribution in [0.2, 0.25) is 0 Å². The number of nitro groups is 1. The van der Waals surface area contributed by atoms with E-state index in [0.717, 1.165) is 10.4 Å². The minimum Gasteiger partial charge on any atom is -0.258 e. The highest BCUT2D eigenvalue weighted by atomic mass is 32.2. The van der Waals surface area contributed by atoms with Gasteiger partial charge in [0.15, 0.2) is 4.90 Å². The molecule has 1 atom stereocenters. The lowest BCUT2D eigenvalue weighted by Gasteiger charge is -2.34. The summed E-state index contributed by atoms with van der Waals surface area (Å²) in [6.07, 6.45) is 0.604. The van der Waals surface area contributed by atoms with Gasteiger partial charge in [-0.15, -0.1) is 22.7 Å². The number of nitro benzene ring substituents is 1. The first kappa shape index (κ1) is 19.3. The first-order valence-corrected chi connectivity index (χ1v) is 11.9. The summed E-state index contributed by atoms with van der Waals surface area (Å²) in [6.45, 7) is 3.80. The standard InChI is InChI=1S/C19H18N2O4S3/c1-12-10-15(21(22)23)18(11-13(12)2)28(24,25)20-7-5-16-14(6-9-27-16)19(20)17-4-3-8-26-17/h3-4,6,8-11,19H,5,7H2,1-2H3. The second-order valence-electron chi connectivity index (χ2n) is 6.74. The van der Waals surface area contributed by atoms with Crippen molar-refractivity contribution in [2.75, 3.05) is 6.54 Å². The van der Waals surface area contributed by atoms with E-state index in [9.17, 15) is 18.5 Å². The molecule has 0 amide bonds. The van der Waals surface area contributed by atoms with Gasteiger partial charge in [0.2, 0.25) is 0 Å². The zero-order valence-corrected chi connectivity index (χ0v) is 17.7. The van der Waals surface area contributed by atoms with Crippen molar-refractivity contribution in [2.45, 2.75) is 31.2 Å². The smallest absolute Gasteiger partial charge is 0.258 e. The minimum absolute atomic E-state index is 0.235. The molecule has 0 bridgehead atoms. The molecule has 3 heterocycles. The second kappa shape index (κ2) is 7.07. The molecule has 0 saturated carbocycles. The Labute approximate surface area is 171 Å². The van der Waals surface area contributed by atoms with E-state index >= 15 is 0 Å². The summed E-state index contributed by atoms with van der Waals surface area (Å²) in [7, 11) is -4.07. The lowest BCUT2D eigenvalue weighted by Crippen LogP contribution is -2.40. The molecule has 1 aliphatic rings. The number of thiophene rings is 2. The average Bonchev–Trinajstić information content (AvgIpc) is 3.33. The predicted octanol–water partition coefficient (Wildman–Crippen LogP) is 4.67. The maximum atomic E-state index is 13.6. The van der Waals surface area contributed by atoms with E-state index in [1.807, 2.05) is 29.0 Å². The Morgan fingerprint density at radius 3 is 2.57 bits per heavy atom. The van der Waals surface area contributed by atoms with Crippen molar-refractivity contribution in [1.29, 1.82) is 0 Å². The molecule has 1 aliphatic heterocycles. The molecule has 0 spiro atoms. The van der Waals surface area contributed by atoms with Crippen LogP contribution >= 0.6 is 22.7 Å². The van der Waals surface area contributed by atoms with E-state index in [-0.39, 0.29) is 10.6 Å². The highest BCUT2D eigenvalue weighted by Gasteiger charge is 2.41. The highest BCUT2D eigenvalue weighted by Crippen LogP contribution is 2.43. The number of hydrogen-bond donors (Lipinski definition) is 0. The Morgan fingerprint density at radius 2 is 1.89 bits per heavy atom. The number of aryl methyl sites for hydroxylation is 2. The van der Waals surface area contributed by atoms with Crippen molar-refractivity contribution in [3.8, 4) is 0 Å². The molecular weight excluding hydrogens is 416 g/mol.